The summed E-state index contributed by atoms with van der Waals surface area (Å²) >= 11 is 0. The maximum Gasteiger partial charge on any atom is 0.416 e. The Labute approximate surface area is 155 Å². The Morgan fingerprint density at radius 3 is 2.44 bits per heavy atom. The van der Waals surface area contributed by atoms with Gasteiger partial charge in [-0.25, -0.2) is 12.7 Å². The second kappa shape index (κ2) is 6.65. The molecule has 5 nitrogen and oxygen atoms in total. The fourth-order valence-corrected chi connectivity index (χ4v) is 3.90. The Balaban J connectivity index is 1.94. The van der Waals surface area contributed by atoms with Crippen LogP contribution in [0.2, 0.25) is 0 Å². The fraction of sp³-hybridized carbons (Fsp3) is 0.278. The normalized spacial score (nSPS) is 14.5. The summed E-state index contributed by atoms with van der Waals surface area (Å²) < 4.78 is 64.2. The van der Waals surface area contributed by atoms with Crippen molar-refractivity contribution in [1.29, 1.82) is 0 Å². The van der Waals surface area contributed by atoms with Crippen molar-refractivity contribution in [3.8, 4) is 0 Å². The van der Waals surface area contributed by atoms with Gasteiger partial charge in [-0.2, -0.15) is 13.2 Å². The Kier molecular flexibility index (Phi) is 4.77. The number of sulfonamides is 1. The van der Waals surface area contributed by atoms with Gasteiger partial charge in [0.1, 0.15) is 0 Å². The molecule has 1 aliphatic heterocycles. The topological polar surface area (TPSA) is 57.7 Å². The Morgan fingerprint density at radius 2 is 1.81 bits per heavy atom. The maximum atomic E-state index is 12.9. The van der Waals surface area contributed by atoms with Crippen LogP contribution in [0.25, 0.3) is 0 Å². The van der Waals surface area contributed by atoms with Crippen LogP contribution < -0.4 is 4.90 Å². The molecular weight excluding hydrogens is 381 g/mol. The van der Waals surface area contributed by atoms with Gasteiger partial charge >= 0.3 is 6.18 Å². The zero-order valence-corrected chi connectivity index (χ0v) is 15.4. The second-order valence-corrected chi connectivity index (χ2v) is 8.52. The molecule has 0 bridgehead atoms. The van der Waals surface area contributed by atoms with E-state index in [9.17, 15) is 26.4 Å². The predicted octanol–water partition coefficient (Wildman–Crippen LogP) is 3.16. The number of benzene rings is 2. The molecule has 1 heterocycles. The second-order valence-electron chi connectivity index (χ2n) is 6.36. The van der Waals surface area contributed by atoms with Crippen LogP contribution in [0.15, 0.2) is 47.4 Å². The van der Waals surface area contributed by atoms with Crippen molar-refractivity contribution in [2.24, 2.45) is 0 Å². The number of carbonyl (C=O) groups is 1. The van der Waals surface area contributed by atoms with Gasteiger partial charge in [-0.1, -0.05) is 6.07 Å². The van der Waals surface area contributed by atoms with Crippen LogP contribution in [0.4, 0.5) is 18.9 Å². The summed E-state index contributed by atoms with van der Waals surface area (Å²) in [6.07, 6.45) is -4.11. The van der Waals surface area contributed by atoms with Crippen LogP contribution in [-0.4, -0.2) is 39.3 Å². The van der Waals surface area contributed by atoms with Crippen molar-refractivity contribution < 1.29 is 26.4 Å². The number of hydrogen-bond donors (Lipinski definition) is 0. The van der Waals surface area contributed by atoms with E-state index >= 15 is 0 Å². The van der Waals surface area contributed by atoms with Crippen molar-refractivity contribution in [2.45, 2.75) is 17.5 Å². The van der Waals surface area contributed by atoms with E-state index in [0.29, 0.717) is 17.7 Å². The van der Waals surface area contributed by atoms with Crippen LogP contribution in [0, 0.1) is 0 Å². The number of amides is 1. The van der Waals surface area contributed by atoms with Crippen molar-refractivity contribution in [3.05, 3.63) is 59.2 Å². The molecule has 0 aliphatic carbocycles. The minimum Gasteiger partial charge on any atom is -0.308 e. The lowest BCUT2D eigenvalue weighted by Crippen LogP contribution is -2.29. The highest BCUT2D eigenvalue weighted by atomic mass is 32.2. The lowest BCUT2D eigenvalue weighted by molar-refractivity contribution is -0.137. The van der Waals surface area contributed by atoms with Gasteiger partial charge in [-0.15, -0.1) is 0 Å². The summed E-state index contributed by atoms with van der Waals surface area (Å²) in [7, 11) is -0.760. The van der Waals surface area contributed by atoms with E-state index < -0.39 is 27.7 Å². The molecule has 0 aromatic heterocycles. The zero-order valence-electron chi connectivity index (χ0n) is 14.6. The number of anilines is 1. The van der Waals surface area contributed by atoms with Crippen LogP contribution in [-0.2, 0) is 22.6 Å². The maximum absolute atomic E-state index is 12.9. The minimum atomic E-state index is -4.53. The third-order valence-corrected chi connectivity index (χ3v) is 6.22. The van der Waals surface area contributed by atoms with E-state index in [2.05, 4.69) is 0 Å². The number of hydrogen-bond acceptors (Lipinski definition) is 3. The summed E-state index contributed by atoms with van der Waals surface area (Å²) in [6.45, 7) is 0.274. The smallest absolute Gasteiger partial charge is 0.308 e. The van der Waals surface area contributed by atoms with Gasteiger partial charge in [0.15, 0.2) is 0 Å². The molecule has 9 heteroatoms. The minimum absolute atomic E-state index is 0.0670. The molecule has 0 spiro atoms. The van der Waals surface area contributed by atoms with E-state index in [1.54, 1.807) is 0 Å². The average molecular weight is 398 g/mol. The zero-order chi connectivity index (χ0) is 20.0. The average Bonchev–Trinajstić information content (AvgIpc) is 3.03. The summed E-state index contributed by atoms with van der Waals surface area (Å²) in [5.74, 6) is -0.553. The van der Waals surface area contributed by atoms with Gasteiger partial charge in [0, 0.05) is 31.9 Å². The van der Waals surface area contributed by atoms with E-state index in [4.69, 9.17) is 0 Å². The molecule has 3 rings (SSSR count). The Bertz CT molecular complexity index is 1000. The van der Waals surface area contributed by atoms with Crippen molar-refractivity contribution in [3.63, 3.8) is 0 Å². The van der Waals surface area contributed by atoms with Gasteiger partial charge in [0.2, 0.25) is 10.0 Å². The first kappa shape index (κ1) is 19.4. The molecule has 2 aromatic carbocycles. The van der Waals surface area contributed by atoms with E-state index in [-0.39, 0.29) is 17.0 Å². The summed E-state index contributed by atoms with van der Waals surface area (Å²) in [5.41, 5.74) is 0.219. The van der Waals surface area contributed by atoms with Crippen LogP contribution in [0.3, 0.4) is 0 Å². The lowest BCUT2D eigenvalue weighted by atomic mass is 10.1. The number of carbonyl (C=O) groups excluding carboxylic acids is 1. The number of fused-ring (bicyclic) bond motifs is 1. The summed E-state index contributed by atoms with van der Waals surface area (Å²) in [4.78, 5) is 14.2. The molecule has 1 aliphatic rings. The SMILES string of the molecule is CN(C)S(=O)(=O)c1ccc2c(c1)CCN2C(=O)c1cccc(C(F)(F)F)c1. The molecule has 2 aromatic rings. The summed E-state index contributed by atoms with van der Waals surface area (Å²) in [5, 5.41) is 0. The predicted molar refractivity (Wildman–Crippen MR) is 94.1 cm³/mol. The van der Waals surface area contributed by atoms with Gasteiger partial charge in [0.25, 0.3) is 5.91 Å². The van der Waals surface area contributed by atoms with Gasteiger partial charge < -0.3 is 4.90 Å². The van der Waals surface area contributed by atoms with Crippen LogP contribution in [0.1, 0.15) is 21.5 Å². The van der Waals surface area contributed by atoms with Gasteiger partial charge in [-0.3, -0.25) is 4.79 Å². The quantitative estimate of drug-likeness (QED) is 0.798. The molecule has 0 atom stereocenters. The molecule has 0 N–H and O–H groups in total. The van der Waals surface area contributed by atoms with Crippen LogP contribution in [0.5, 0.6) is 0 Å². The highest BCUT2D eigenvalue weighted by molar-refractivity contribution is 7.89. The first-order chi connectivity index (χ1) is 12.5. The Morgan fingerprint density at radius 1 is 1.11 bits per heavy atom. The number of nitrogens with zero attached hydrogens (tertiary/aromatic N) is 2. The molecule has 0 unspecified atom stereocenters. The van der Waals surface area contributed by atoms with Gasteiger partial charge in [-0.05, 0) is 48.4 Å². The van der Waals surface area contributed by atoms with Crippen molar-refractivity contribution in [2.75, 3.05) is 25.5 Å². The molecule has 0 radical (unpaired) electrons. The van der Waals surface area contributed by atoms with E-state index in [1.807, 2.05) is 0 Å². The highest BCUT2D eigenvalue weighted by Crippen LogP contribution is 2.33. The highest BCUT2D eigenvalue weighted by Gasteiger charge is 2.32. The summed E-state index contributed by atoms with van der Waals surface area (Å²) in [6, 6.07) is 8.68. The molecule has 144 valence electrons. The molecule has 1 amide bonds. The number of rotatable bonds is 3. The molecule has 0 fully saturated rings. The van der Waals surface area contributed by atoms with Crippen molar-refractivity contribution >= 4 is 21.6 Å². The molecule has 0 saturated heterocycles. The monoisotopic (exact) mass is 398 g/mol. The number of alkyl halides is 3. The third-order valence-electron chi connectivity index (χ3n) is 4.41. The largest absolute Gasteiger partial charge is 0.416 e. The number of halogens is 3. The van der Waals surface area contributed by atoms with Gasteiger partial charge in [0.05, 0.1) is 10.5 Å². The molecular formula is C18H17F3N2O3S. The Hall–Kier alpha value is -2.39. The van der Waals surface area contributed by atoms with E-state index in [0.717, 1.165) is 16.4 Å². The first-order valence-corrected chi connectivity index (χ1v) is 9.50. The van der Waals surface area contributed by atoms with E-state index in [1.165, 1.54) is 49.3 Å². The lowest BCUT2D eigenvalue weighted by Gasteiger charge is -2.19. The fourth-order valence-electron chi connectivity index (χ4n) is 2.94. The van der Waals surface area contributed by atoms with Crippen molar-refractivity contribution in [1.82, 2.24) is 4.31 Å². The molecule has 27 heavy (non-hydrogen) atoms. The standard InChI is InChI=1S/C18H17F3N2O3S/c1-22(2)27(25,26)15-6-7-16-12(11-15)8-9-23(16)17(24)13-4-3-5-14(10-13)18(19,20)21/h3-7,10-11H,8-9H2,1-2H3. The third kappa shape index (κ3) is 3.57. The van der Waals surface area contributed by atoms with Crippen LogP contribution >= 0.6 is 0 Å². The first-order valence-electron chi connectivity index (χ1n) is 8.06. The molecule has 0 saturated carbocycles.